The number of anilines is 1. The molecule has 0 radical (unpaired) electrons. The second kappa shape index (κ2) is 9.73. The molecule has 7 heteroatoms. The summed E-state index contributed by atoms with van der Waals surface area (Å²) < 4.78 is 12.0. The molecule has 0 saturated carbocycles. The molecule has 0 spiro atoms. The second-order valence-corrected chi connectivity index (χ2v) is 6.72. The van der Waals surface area contributed by atoms with Gasteiger partial charge in [0.2, 0.25) is 5.91 Å². The van der Waals surface area contributed by atoms with Crippen LogP contribution in [-0.4, -0.2) is 29.7 Å². The van der Waals surface area contributed by atoms with Crippen molar-refractivity contribution in [3.63, 3.8) is 0 Å². The third-order valence-corrected chi connectivity index (χ3v) is 4.67. The summed E-state index contributed by atoms with van der Waals surface area (Å²) >= 11 is 0. The molecule has 152 valence electrons. The fraction of sp³-hybridized carbons (Fsp3) is 0.318. The van der Waals surface area contributed by atoms with E-state index in [0.29, 0.717) is 41.1 Å². The summed E-state index contributed by atoms with van der Waals surface area (Å²) in [5.41, 5.74) is 1.32. The summed E-state index contributed by atoms with van der Waals surface area (Å²) in [6.07, 6.45) is 4.38. The Morgan fingerprint density at radius 3 is 2.48 bits per heavy atom. The number of ether oxygens (including phenoxy) is 2. The number of hydrogen-bond donors (Lipinski definition) is 1. The Labute approximate surface area is 169 Å². The van der Waals surface area contributed by atoms with E-state index >= 15 is 0 Å². The van der Waals surface area contributed by atoms with Gasteiger partial charge in [0, 0.05) is 36.9 Å². The normalized spacial score (nSPS) is 10.7. The third kappa shape index (κ3) is 5.34. The molecule has 2 aromatic carbocycles. The van der Waals surface area contributed by atoms with Crippen molar-refractivity contribution in [1.82, 2.24) is 9.55 Å². The number of unbranched alkanes of at least 4 members (excludes halogenated alkanes) is 2. The van der Waals surface area contributed by atoms with Gasteiger partial charge >= 0.3 is 0 Å². The van der Waals surface area contributed by atoms with Crippen molar-refractivity contribution in [1.29, 1.82) is 0 Å². The number of amides is 1. The van der Waals surface area contributed by atoms with Crippen molar-refractivity contribution in [3.8, 4) is 11.5 Å². The molecule has 0 unspecified atom stereocenters. The number of rotatable bonds is 9. The Morgan fingerprint density at radius 2 is 1.76 bits per heavy atom. The number of para-hydroxylation sites is 1. The average molecular weight is 395 g/mol. The smallest absolute Gasteiger partial charge is 0.261 e. The summed E-state index contributed by atoms with van der Waals surface area (Å²) in [5.74, 6) is 1.17. The van der Waals surface area contributed by atoms with Gasteiger partial charge in [-0.1, -0.05) is 18.6 Å². The minimum Gasteiger partial charge on any atom is -0.497 e. The van der Waals surface area contributed by atoms with Crippen molar-refractivity contribution in [2.45, 2.75) is 32.2 Å². The Morgan fingerprint density at radius 1 is 1.03 bits per heavy atom. The van der Waals surface area contributed by atoms with Crippen molar-refractivity contribution in [2.75, 3.05) is 19.5 Å². The van der Waals surface area contributed by atoms with Crippen LogP contribution in [0.25, 0.3) is 10.9 Å². The highest BCUT2D eigenvalue weighted by Crippen LogP contribution is 2.25. The van der Waals surface area contributed by atoms with Crippen molar-refractivity contribution in [2.24, 2.45) is 0 Å². The highest BCUT2D eigenvalue weighted by Gasteiger charge is 2.07. The second-order valence-electron chi connectivity index (χ2n) is 6.72. The summed E-state index contributed by atoms with van der Waals surface area (Å²) in [6.45, 7) is 0.589. The number of methoxy groups -OCH3 is 2. The Bertz CT molecular complexity index is 1020. The van der Waals surface area contributed by atoms with Crippen LogP contribution in [0.4, 0.5) is 5.69 Å². The van der Waals surface area contributed by atoms with Gasteiger partial charge in [-0.3, -0.25) is 14.2 Å². The molecule has 0 saturated heterocycles. The first-order chi connectivity index (χ1) is 14.1. The lowest BCUT2D eigenvalue weighted by atomic mass is 10.1. The molecule has 0 aliphatic carbocycles. The van der Waals surface area contributed by atoms with E-state index < -0.39 is 0 Å². The van der Waals surface area contributed by atoms with E-state index in [1.807, 2.05) is 18.2 Å². The predicted molar refractivity (Wildman–Crippen MR) is 113 cm³/mol. The number of hydrogen-bond acceptors (Lipinski definition) is 5. The number of nitrogens with one attached hydrogen (secondary N) is 1. The lowest BCUT2D eigenvalue weighted by Crippen LogP contribution is -2.20. The van der Waals surface area contributed by atoms with Gasteiger partial charge in [-0.2, -0.15) is 0 Å². The molecule has 3 rings (SSSR count). The van der Waals surface area contributed by atoms with Crippen LogP contribution in [0.5, 0.6) is 11.5 Å². The molecule has 0 aliphatic rings. The van der Waals surface area contributed by atoms with Crippen LogP contribution in [0.1, 0.15) is 25.7 Å². The predicted octanol–water partition coefficient (Wildman–Crippen LogP) is 3.61. The van der Waals surface area contributed by atoms with Gasteiger partial charge in [0.15, 0.2) is 0 Å². The van der Waals surface area contributed by atoms with E-state index in [4.69, 9.17) is 9.47 Å². The minimum absolute atomic E-state index is 0.0275. The lowest BCUT2D eigenvalue weighted by Gasteiger charge is -2.10. The first-order valence-electron chi connectivity index (χ1n) is 9.58. The highest BCUT2D eigenvalue weighted by molar-refractivity contribution is 5.91. The molecule has 1 N–H and O–H groups in total. The monoisotopic (exact) mass is 395 g/mol. The minimum atomic E-state index is -0.0650. The summed E-state index contributed by atoms with van der Waals surface area (Å²) in [4.78, 5) is 29.0. The summed E-state index contributed by atoms with van der Waals surface area (Å²) in [7, 11) is 3.13. The van der Waals surface area contributed by atoms with Crippen LogP contribution >= 0.6 is 0 Å². The topological polar surface area (TPSA) is 82.5 Å². The number of nitrogens with zero attached hydrogens (tertiary/aromatic N) is 2. The van der Waals surface area contributed by atoms with E-state index in [1.54, 1.807) is 49.4 Å². The fourth-order valence-electron chi connectivity index (χ4n) is 3.11. The molecule has 3 aromatic rings. The van der Waals surface area contributed by atoms with E-state index in [0.717, 1.165) is 19.3 Å². The van der Waals surface area contributed by atoms with Gasteiger partial charge in [-0.05, 0) is 25.0 Å². The zero-order chi connectivity index (χ0) is 20.6. The maximum absolute atomic E-state index is 12.4. The molecule has 0 atom stereocenters. The van der Waals surface area contributed by atoms with Crippen molar-refractivity contribution >= 4 is 22.5 Å². The number of carbonyl (C=O) groups is 1. The van der Waals surface area contributed by atoms with Crippen LogP contribution in [0.15, 0.2) is 53.6 Å². The van der Waals surface area contributed by atoms with Gasteiger partial charge < -0.3 is 14.8 Å². The standard InChI is InChI=1S/C22H25N3O4/c1-28-17-12-16(13-18(14-17)29-2)24-21(26)10-4-3-7-11-25-15-23-20-9-6-5-8-19(20)22(25)27/h5-6,8-9,12-15H,3-4,7,10-11H2,1-2H3,(H,24,26). The van der Waals surface area contributed by atoms with Gasteiger partial charge in [0.25, 0.3) is 5.56 Å². The number of aromatic nitrogens is 2. The number of benzene rings is 2. The molecule has 7 nitrogen and oxygen atoms in total. The van der Waals surface area contributed by atoms with E-state index in [-0.39, 0.29) is 11.5 Å². The molecule has 0 fully saturated rings. The number of carbonyl (C=O) groups excluding carboxylic acids is 1. The third-order valence-electron chi connectivity index (χ3n) is 4.67. The molecular weight excluding hydrogens is 370 g/mol. The Kier molecular flexibility index (Phi) is 6.84. The Hall–Kier alpha value is -3.35. The van der Waals surface area contributed by atoms with Crippen LogP contribution < -0.4 is 20.3 Å². The Balaban J connectivity index is 1.46. The number of aryl methyl sites for hydroxylation is 1. The molecule has 0 bridgehead atoms. The summed E-state index contributed by atoms with van der Waals surface area (Å²) in [6, 6.07) is 12.6. The molecular formula is C22H25N3O4. The van der Waals surface area contributed by atoms with Gasteiger partial charge in [-0.25, -0.2) is 4.98 Å². The zero-order valence-corrected chi connectivity index (χ0v) is 16.7. The highest BCUT2D eigenvalue weighted by atomic mass is 16.5. The van der Waals surface area contributed by atoms with Crippen molar-refractivity contribution in [3.05, 3.63) is 59.1 Å². The maximum Gasteiger partial charge on any atom is 0.261 e. The SMILES string of the molecule is COc1cc(NC(=O)CCCCCn2cnc3ccccc3c2=O)cc(OC)c1. The largest absolute Gasteiger partial charge is 0.497 e. The maximum atomic E-state index is 12.4. The van der Waals surface area contributed by atoms with Gasteiger partial charge in [-0.15, -0.1) is 0 Å². The van der Waals surface area contributed by atoms with E-state index in [1.165, 1.54) is 0 Å². The van der Waals surface area contributed by atoms with Gasteiger partial charge in [0.05, 0.1) is 31.4 Å². The molecule has 1 aromatic heterocycles. The molecule has 1 heterocycles. The fourth-order valence-corrected chi connectivity index (χ4v) is 3.11. The summed E-state index contributed by atoms with van der Waals surface area (Å²) in [5, 5.41) is 3.49. The van der Waals surface area contributed by atoms with Crippen LogP contribution in [0, 0.1) is 0 Å². The molecule has 1 amide bonds. The van der Waals surface area contributed by atoms with Crippen LogP contribution in [0.3, 0.4) is 0 Å². The average Bonchev–Trinajstić information content (AvgIpc) is 2.74. The molecule has 29 heavy (non-hydrogen) atoms. The van der Waals surface area contributed by atoms with E-state index in [2.05, 4.69) is 10.3 Å². The number of fused-ring (bicyclic) bond motifs is 1. The molecule has 0 aliphatic heterocycles. The first-order valence-corrected chi connectivity index (χ1v) is 9.58. The zero-order valence-electron chi connectivity index (χ0n) is 16.7. The van der Waals surface area contributed by atoms with Crippen LogP contribution in [-0.2, 0) is 11.3 Å². The van der Waals surface area contributed by atoms with Crippen molar-refractivity contribution < 1.29 is 14.3 Å². The van der Waals surface area contributed by atoms with E-state index in [9.17, 15) is 9.59 Å². The van der Waals surface area contributed by atoms with Crippen LogP contribution in [0.2, 0.25) is 0 Å². The lowest BCUT2D eigenvalue weighted by molar-refractivity contribution is -0.116. The quantitative estimate of drug-likeness (QED) is 0.560. The van der Waals surface area contributed by atoms with Gasteiger partial charge in [0.1, 0.15) is 11.5 Å². The first kappa shape index (κ1) is 20.4.